The van der Waals surface area contributed by atoms with Crippen LogP contribution >= 0.6 is 15.9 Å². The van der Waals surface area contributed by atoms with Crippen LogP contribution in [0.4, 0.5) is 0 Å². The first-order chi connectivity index (χ1) is 8.52. The van der Waals surface area contributed by atoms with Crippen LogP contribution in [-0.4, -0.2) is 29.8 Å². The molecule has 18 heavy (non-hydrogen) atoms. The Morgan fingerprint density at radius 3 is 2.61 bits per heavy atom. The number of carbonyl (C=O) groups excluding carboxylic acids is 1. The van der Waals surface area contributed by atoms with Gasteiger partial charge in [0.25, 0.3) is 5.91 Å². The third-order valence-corrected chi connectivity index (χ3v) is 3.01. The third kappa shape index (κ3) is 5.06. The minimum absolute atomic E-state index is 0.231. The summed E-state index contributed by atoms with van der Waals surface area (Å²) in [6, 6.07) is 7.27. The molecule has 0 saturated heterocycles. The van der Waals surface area contributed by atoms with Crippen molar-refractivity contribution in [2.75, 3.05) is 6.54 Å². The summed E-state index contributed by atoms with van der Waals surface area (Å²) in [6.45, 7) is 3.79. The van der Waals surface area contributed by atoms with Crippen molar-refractivity contribution in [1.82, 2.24) is 5.32 Å². The zero-order chi connectivity index (χ0) is 13.5. The van der Waals surface area contributed by atoms with Crippen molar-refractivity contribution in [3.05, 3.63) is 28.7 Å². The van der Waals surface area contributed by atoms with Crippen LogP contribution in [0, 0.1) is 0 Å². The molecule has 1 rings (SSSR count). The molecule has 5 heteroatoms. The van der Waals surface area contributed by atoms with Gasteiger partial charge in [0.15, 0.2) is 6.10 Å². The number of hydrogen-bond donors (Lipinski definition) is 2. The number of amides is 1. The number of nitrogens with one attached hydrogen (secondary N) is 1. The Morgan fingerprint density at radius 2 is 2.06 bits per heavy atom. The predicted octanol–water partition coefficient (Wildman–Crippen LogP) is 2.10. The van der Waals surface area contributed by atoms with Crippen LogP contribution in [-0.2, 0) is 4.79 Å². The van der Waals surface area contributed by atoms with Gasteiger partial charge in [-0.3, -0.25) is 4.79 Å². The Kier molecular flexibility index (Phi) is 6.15. The summed E-state index contributed by atoms with van der Waals surface area (Å²) in [5.41, 5.74) is 0. The molecule has 0 heterocycles. The monoisotopic (exact) mass is 315 g/mol. The molecular formula is C13H18BrNO3. The summed E-state index contributed by atoms with van der Waals surface area (Å²) in [7, 11) is 0. The second kappa shape index (κ2) is 7.38. The topological polar surface area (TPSA) is 58.6 Å². The van der Waals surface area contributed by atoms with Gasteiger partial charge in [-0.05, 0) is 37.6 Å². The minimum Gasteiger partial charge on any atom is -0.481 e. The first-order valence-corrected chi connectivity index (χ1v) is 6.70. The number of hydrogen-bond acceptors (Lipinski definition) is 3. The molecule has 1 amide bonds. The molecule has 2 N–H and O–H groups in total. The van der Waals surface area contributed by atoms with Crippen LogP contribution in [0.5, 0.6) is 5.75 Å². The average molecular weight is 316 g/mol. The zero-order valence-electron chi connectivity index (χ0n) is 10.5. The molecular weight excluding hydrogens is 298 g/mol. The van der Waals surface area contributed by atoms with Gasteiger partial charge in [0, 0.05) is 11.0 Å². The fraction of sp³-hybridized carbons (Fsp3) is 0.462. The van der Waals surface area contributed by atoms with Crippen LogP contribution in [0.3, 0.4) is 0 Å². The lowest BCUT2D eigenvalue weighted by Gasteiger charge is -2.16. The molecule has 0 fully saturated rings. The van der Waals surface area contributed by atoms with Gasteiger partial charge in [0.05, 0.1) is 6.10 Å². The summed E-state index contributed by atoms with van der Waals surface area (Å²) >= 11 is 3.33. The first-order valence-electron chi connectivity index (χ1n) is 5.91. The molecule has 1 aromatic rings. The average Bonchev–Trinajstić information content (AvgIpc) is 2.38. The van der Waals surface area contributed by atoms with E-state index in [1.165, 1.54) is 0 Å². The van der Waals surface area contributed by atoms with Crippen molar-refractivity contribution >= 4 is 21.8 Å². The molecule has 0 bridgehead atoms. The number of benzene rings is 1. The van der Waals surface area contributed by atoms with E-state index in [1.807, 2.05) is 19.1 Å². The van der Waals surface area contributed by atoms with Crippen LogP contribution in [0.1, 0.15) is 20.3 Å². The molecule has 0 radical (unpaired) electrons. The van der Waals surface area contributed by atoms with Gasteiger partial charge in [-0.1, -0.05) is 22.9 Å². The van der Waals surface area contributed by atoms with Gasteiger partial charge >= 0.3 is 0 Å². The maximum atomic E-state index is 11.7. The molecule has 0 aromatic heterocycles. The highest BCUT2D eigenvalue weighted by atomic mass is 79.9. The Labute approximate surface area is 115 Å². The lowest BCUT2D eigenvalue weighted by Crippen LogP contribution is -2.40. The second-order valence-electron chi connectivity index (χ2n) is 4.02. The number of ether oxygens (including phenoxy) is 1. The molecule has 0 aliphatic rings. The SMILES string of the molecule is CCC(O)CNC(=O)C(C)Oc1ccc(Br)cc1. The minimum atomic E-state index is -0.588. The van der Waals surface area contributed by atoms with E-state index in [1.54, 1.807) is 19.1 Å². The van der Waals surface area contributed by atoms with E-state index in [0.29, 0.717) is 12.2 Å². The zero-order valence-corrected chi connectivity index (χ0v) is 12.1. The van der Waals surface area contributed by atoms with Crippen molar-refractivity contribution in [3.8, 4) is 5.75 Å². The Bertz CT molecular complexity index is 380. The van der Waals surface area contributed by atoms with Crippen LogP contribution in [0.15, 0.2) is 28.7 Å². The Morgan fingerprint density at radius 1 is 1.44 bits per heavy atom. The second-order valence-corrected chi connectivity index (χ2v) is 4.94. The van der Waals surface area contributed by atoms with Gasteiger partial charge in [-0.15, -0.1) is 0 Å². The lowest BCUT2D eigenvalue weighted by molar-refractivity contribution is -0.127. The van der Waals surface area contributed by atoms with Crippen LogP contribution in [0.2, 0.25) is 0 Å². The van der Waals surface area contributed by atoms with Gasteiger partial charge in [0.2, 0.25) is 0 Å². The third-order valence-electron chi connectivity index (χ3n) is 2.48. The fourth-order valence-electron chi connectivity index (χ4n) is 1.28. The van der Waals surface area contributed by atoms with Crippen molar-refractivity contribution < 1.29 is 14.6 Å². The predicted molar refractivity (Wildman–Crippen MR) is 73.5 cm³/mol. The number of aliphatic hydroxyl groups excluding tert-OH is 1. The highest BCUT2D eigenvalue weighted by molar-refractivity contribution is 9.10. The summed E-state index contributed by atoms with van der Waals surface area (Å²) in [6.07, 6.45) is -0.480. The molecule has 4 nitrogen and oxygen atoms in total. The quantitative estimate of drug-likeness (QED) is 0.845. The summed E-state index contributed by atoms with van der Waals surface area (Å²) in [5.74, 6) is 0.405. The van der Waals surface area contributed by atoms with E-state index in [0.717, 1.165) is 4.47 Å². The summed E-state index contributed by atoms with van der Waals surface area (Å²) in [4.78, 5) is 11.7. The normalized spacial score (nSPS) is 13.8. The Hall–Kier alpha value is -1.07. The van der Waals surface area contributed by atoms with Gasteiger partial charge in [-0.25, -0.2) is 0 Å². The van der Waals surface area contributed by atoms with E-state index in [-0.39, 0.29) is 12.5 Å². The molecule has 1 aromatic carbocycles. The van der Waals surface area contributed by atoms with E-state index < -0.39 is 12.2 Å². The fourth-order valence-corrected chi connectivity index (χ4v) is 1.54. The molecule has 2 unspecified atom stereocenters. The van der Waals surface area contributed by atoms with E-state index in [9.17, 15) is 9.90 Å². The maximum absolute atomic E-state index is 11.7. The van der Waals surface area contributed by atoms with Gasteiger partial charge in [-0.2, -0.15) is 0 Å². The maximum Gasteiger partial charge on any atom is 0.260 e. The van der Waals surface area contributed by atoms with Gasteiger partial charge < -0.3 is 15.2 Å². The van der Waals surface area contributed by atoms with E-state index in [2.05, 4.69) is 21.2 Å². The molecule has 0 spiro atoms. The molecule has 100 valence electrons. The van der Waals surface area contributed by atoms with Crippen molar-refractivity contribution in [1.29, 1.82) is 0 Å². The van der Waals surface area contributed by atoms with Crippen molar-refractivity contribution in [2.24, 2.45) is 0 Å². The van der Waals surface area contributed by atoms with Crippen molar-refractivity contribution in [2.45, 2.75) is 32.5 Å². The number of carbonyl (C=O) groups is 1. The number of rotatable bonds is 6. The number of aliphatic hydroxyl groups is 1. The van der Waals surface area contributed by atoms with Crippen LogP contribution < -0.4 is 10.1 Å². The molecule has 0 saturated carbocycles. The molecule has 0 aliphatic heterocycles. The smallest absolute Gasteiger partial charge is 0.260 e. The largest absolute Gasteiger partial charge is 0.481 e. The standard InChI is InChI=1S/C13H18BrNO3/c1-3-11(16)8-15-13(17)9(2)18-12-6-4-10(14)5-7-12/h4-7,9,11,16H,3,8H2,1-2H3,(H,15,17). The first kappa shape index (κ1) is 15.0. The summed E-state index contributed by atoms with van der Waals surface area (Å²) in [5, 5.41) is 12.0. The van der Waals surface area contributed by atoms with Crippen LogP contribution in [0.25, 0.3) is 0 Å². The highest BCUT2D eigenvalue weighted by Crippen LogP contribution is 2.17. The van der Waals surface area contributed by atoms with E-state index in [4.69, 9.17) is 4.74 Å². The molecule has 2 atom stereocenters. The Balaban J connectivity index is 2.42. The summed E-state index contributed by atoms with van der Waals surface area (Å²) < 4.78 is 6.44. The van der Waals surface area contributed by atoms with Gasteiger partial charge in [0.1, 0.15) is 5.75 Å². The van der Waals surface area contributed by atoms with Crippen molar-refractivity contribution in [3.63, 3.8) is 0 Å². The number of halogens is 1. The van der Waals surface area contributed by atoms with E-state index >= 15 is 0 Å². The lowest BCUT2D eigenvalue weighted by atomic mass is 10.2. The highest BCUT2D eigenvalue weighted by Gasteiger charge is 2.15. The molecule has 0 aliphatic carbocycles.